The second-order valence-corrected chi connectivity index (χ2v) is 3.17. The van der Waals surface area contributed by atoms with E-state index in [1.54, 1.807) is 26.3 Å². The quantitative estimate of drug-likeness (QED) is 0.747. The molecular weight excluding hydrogens is 194 g/mol. The zero-order chi connectivity index (χ0) is 10.8. The number of methoxy groups -OCH3 is 1. The Morgan fingerprint density at radius 3 is 2.67 bits per heavy atom. The van der Waals surface area contributed by atoms with E-state index in [1.165, 1.54) is 0 Å². The van der Waals surface area contributed by atoms with Gasteiger partial charge in [-0.15, -0.1) is 10.2 Å². The van der Waals surface area contributed by atoms with E-state index in [0.29, 0.717) is 17.5 Å². The van der Waals surface area contributed by atoms with Crippen LogP contribution >= 0.6 is 0 Å². The average Bonchev–Trinajstić information content (AvgIpc) is 2.66. The van der Waals surface area contributed by atoms with Crippen molar-refractivity contribution in [2.45, 2.75) is 13.8 Å². The van der Waals surface area contributed by atoms with Gasteiger partial charge in [-0.1, -0.05) is 0 Å². The summed E-state index contributed by atoms with van der Waals surface area (Å²) in [5, 5.41) is 7.63. The predicted molar refractivity (Wildman–Crippen MR) is 53.6 cm³/mol. The average molecular weight is 205 g/mol. The number of rotatable bonds is 2. The molecule has 78 valence electrons. The Balaban J connectivity index is 2.45. The molecule has 2 rings (SSSR count). The lowest BCUT2D eigenvalue weighted by molar-refractivity contribution is 0.411. The first-order valence-corrected chi connectivity index (χ1v) is 4.52. The Bertz CT molecular complexity index is 479. The third kappa shape index (κ3) is 1.81. The normalized spacial score (nSPS) is 10.3. The van der Waals surface area contributed by atoms with Crippen molar-refractivity contribution in [3.05, 3.63) is 23.7 Å². The number of aryl methyl sites for hydroxylation is 2. The summed E-state index contributed by atoms with van der Waals surface area (Å²) in [6.45, 7) is 3.66. The Hall–Kier alpha value is -1.91. The van der Waals surface area contributed by atoms with Gasteiger partial charge in [0, 0.05) is 24.8 Å². The van der Waals surface area contributed by atoms with Gasteiger partial charge in [-0.25, -0.2) is 0 Å². The summed E-state index contributed by atoms with van der Waals surface area (Å²) in [4.78, 5) is 4.19. The highest BCUT2D eigenvalue weighted by molar-refractivity contribution is 5.51. The lowest BCUT2D eigenvalue weighted by Gasteiger charge is -2.03. The summed E-state index contributed by atoms with van der Waals surface area (Å²) in [5.41, 5.74) is 1.59. The predicted octanol–water partition coefficient (Wildman–Crippen LogP) is 1.76. The van der Waals surface area contributed by atoms with E-state index in [2.05, 4.69) is 15.2 Å². The molecule has 2 aromatic rings. The standard InChI is InChI=1S/C10H11N3O2/c1-6-5-11-8(4-9(6)14-3)10-13-12-7(2)15-10/h4-5H,1-3H3. The molecule has 0 aliphatic heterocycles. The molecule has 0 atom stereocenters. The summed E-state index contributed by atoms with van der Waals surface area (Å²) in [6.07, 6.45) is 1.72. The second kappa shape index (κ2) is 3.68. The van der Waals surface area contributed by atoms with Crippen molar-refractivity contribution < 1.29 is 9.15 Å². The summed E-state index contributed by atoms with van der Waals surface area (Å²) in [6, 6.07) is 1.78. The van der Waals surface area contributed by atoms with Crippen LogP contribution < -0.4 is 4.74 Å². The van der Waals surface area contributed by atoms with Crippen LogP contribution in [0.2, 0.25) is 0 Å². The molecule has 0 aromatic carbocycles. The molecular formula is C10H11N3O2. The van der Waals surface area contributed by atoms with Gasteiger partial charge in [0.1, 0.15) is 11.4 Å². The highest BCUT2D eigenvalue weighted by Crippen LogP contribution is 2.23. The highest BCUT2D eigenvalue weighted by Gasteiger charge is 2.09. The number of pyridine rings is 1. The largest absolute Gasteiger partial charge is 0.496 e. The van der Waals surface area contributed by atoms with E-state index in [4.69, 9.17) is 9.15 Å². The van der Waals surface area contributed by atoms with Crippen LogP contribution in [-0.4, -0.2) is 22.3 Å². The fourth-order valence-electron chi connectivity index (χ4n) is 1.24. The molecule has 15 heavy (non-hydrogen) atoms. The molecule has 0 saturated heterocycles. The molecule has 0 bridgehead atoms. The van der Waals surface area contributed by atoms with E-state index in [9.17, 15) is 0 Å². The lowest BCUT2D eigenvalue weighted by Crippen LogP contribution is -1.91. The van der Waals surface area contributed by atoms with Gasteiger partial charge in [0.05, 0.1) is 7.11 Å². The monoisotopic (exact) mass is 205 g/mol. The summed E-state index contributed by atoms with van der Waals surface area (Å²) < 4.78 is 10.5. The molecule has 0 aliphatic rings. The topological polar surface area (TPSA) is 61.0 Å². The van der Waals surface area contributed by atoms with Crippen LogP contribution in [0, 0.1) is 13.8 Å². The van der Waals surface area contributed by atoms with Crippen LogP contribution in [0.15, 0.2) is 16.7 Å². The zero-order valence-corrected chi connectivity index (χ0v) is 8.81. The minimum Gasteiger partial charge on any atom is -0.496 e. The third-order valence-corrected chi connectivity index (χ3v) is 2.02. The maximum Gasteiger partial charge on any atom is 0.266 e. The Kier molecular flexibility index (Phi) is 2.37. The van der Waals surface area contributed by atoms with Crippen LogP contribution in [0.1, 0.15) is 11.5 Å². The van der Waals surface area contributed by atoms with Crippen LogP contribution in [0.5, 0.6) is 5.75 Å². The van der Waals surface area contributed by atoms with Gasteiger partial charge in [-0.2, -0.15) is 0 Å². The second-order valence-electron chi connectivity index (χ2n) is 3.17. The Labute approximate surface area is 87.1 Å². The molecule has 5 heteroatoms. The summed E-state index contributed by atoms with van der Waals surface area (Å²) >= 11 is 0. The fraction of sp³-hybridized carbons (Fsp3) is 0.300. The van der Waals surface area contributed by atoms with Gasteiger partial charge >= 0.3 is 0 Å². The van der Waals surface area contributed by atoms with Crippen LogP contribution in [0.3, 0.4) is 0 Å². The smallest absolute Gasteiger partial charge is 0.266 e. The van der Waals surface area contributed by atoms with E-state index in [1.807, 2.05) is 6.92 Å². The van der Waals surface area contributed by atoms with Gasteiger partial charge in [-0.3, -0.25) is 4.98 Å². The molecule has 0 N–H and O–H groups in total. The molecule has 0 aliphatic carbocycles. The minimum atomic E-state index is 0.408. The molecule has 5 nitrogen and oxygen atoms in total. The number of nitrogens with zero attached hydrogens (tertiary/aromatic N) is 3. The third-order valence-electron chi connectivity index (χ3n) is 2.02. The van der Waals surface area contributed by atoms with E-state index < -0.39 is 0 Å². The minimum absolute atomic E-state index is 0.408. The van der Waals surface area contributed by atoms with Gasteiger partial charge in [0.15, 0.2) is 0 Å². The van der Waals surface area contributed by atoms with Crippen LogP contribution in [0.4, 0.5) is 0 Å². The highest BCUT2D eigenvalue weighted by atomic mass is 16.5. The first-order chi connectivity index (χ1) is 7.20. The van der Waals surface area contributed by atoms with Gasteiger partial charge in [0.2, 0.25) is 5.89 Å². The van der Waals surface area contributed by atoms with Crippen molar-refractivity contribution in [2.75, 3.05) is 7.11 Å². The van der Waals surface area contributed by atoms with Gasteiger partial charge in [0.25, 0.3) is 5.89 Å². The van der Waals surface area contributed by atoms with Crippen molar-refractivity contribution in [1.82, 2.24) is 15.2 Å². The van der Waals surface area contributed by atoms with Crippen molar-refractivity contribution in [1.29, 1.82) is 0 Å². The van der Waals surface area contributed by atoms with Gasteiger partial charge in [-0.05, 0) is 6.92 Å². The fourth-order valence-corrected chi connectivity index (χ4v) is 1.24. The van der Waals surface area contributed by atoms with Crippen molar-refractivity contribution in [3.63, 3.8) is 0 Å². The van der Waals surface area contributed by atoms with Crippen molar-refractivity contribution in [2.24, 2.45) is 0 Å². The Morgan fingerprint density at radius 1 is 1.27 bits per heavy atom. The van der Waals surface area contributed by atoms with Crippen molar-refractivity contribution >= 4 is 0 Å². The first-order valence-electron chi connectivity index (χ1n) is 4.52. The van der Waals surface area contributed by atoms with Crippen molar-refractivity contribution in [3.8, 4) is 17.3 Å². The van der Waals surface area contributed by atoms with E-state index in [-0.39, 0.29) is 0 Å². The Morgan fingerprint density at radius 2 is 2.07 bits per heavy atom. The maximum absolute atomic E-state index is 5.27. The van der Waals surface area contributed by atoms with Crippen LogP contribution in [-0.2, 0) is 0 Å². The first kappa shape index (κ1) is 9.64. The number of aromatic nitrogens is 3. The van der Waals surface area contributed by atoms with E-state index >= 15 is 0 Å². The number of hydrogen-bond donors (Lipinski definition) is 0. The molecule has 0 radical (unpaired) electrons. The molecule has 0 unspecified atom stereocenters. The maximum atomic E-state index is 5.27. The molecule has 0 amide bonds. The lowest BCUT2D eigenvalue weighted by atomic mass is 10.2. The number of ether oxygens (including phenoxy) is 1. The summed E-state index contributed by atoms with van der Waals surface area (Å²) in [5.74, 6) is 1.69. The van der Waals surface area contributed by atoms with Gasteiger partial charge < -0.3 is 9.15 Å². The zero-order valence-electron chi connectivity index (χ0n) is 8.81. The number of hydrogen-bond acceptors (Lipinski definition) is 5. The van der Waals surface area contributed by atoms with Crippen LogP contribution in [0.25, 0.3) is 11.6 Å². The SMILES string of the molecule is COc1cc(-c2nnc(C)o2)ncc1C. The summed E-state index contributed by atoms with van der Waals surface area (Å²) in [7, 11) is 1.62. The molecule has 0 fully saturated rings. The molecule has 0 saturated carbocycles. The van der Waals surface area contributed by atoms with E-state index in [0.717, 1.165) is 11.3 Å². The molecule has 2 heterocycles. The molecule has 0 spiro atoms. The molecule has 2 aromatic heterocycles.